The molecule has 4 aromatic rings. The zero-order valence-electron chi connectivity index (χ0n) is 24.4. The maximum Gasteiger partial charge on any atom is 0.330 e. The van der Waals surface area contributed by atoms with E-state index in [-0.39, 0.29) is 11.6 Å². The van der Waals surface area contributed by atoms with Crippen molar-refractivity contribution in [3.8, 4) is 0 Å². The summed E-state index contributed by atoms with van der Waals surface area (Å²) in [6, 6.07) is 32.1. The second-order valence-electron chi connectivity index (χ2n) is 11.7. The molecular formula is C34H38N2O5Si. The molecule has 0 saturated carbocycles. The zero-order chi connectivity index (χ0) is 29.8. The normalized spacial score (nSPS) is 20.8. The second-order valence-corrected chi connectivity index (χ2v) is 16.0. The van der Waals surface area contributed by atoms with Gasteiger partial charge in [0.05, 0.1) is 19.3 Å². The number of nitrogens with one attached hydrogen (secondary N) is 1. The Balaban J connectivity index is 1.56. The summed E-state index contributed by atoms with van der Waals surface area (Å²) in [6.07, 6.45) is 2.42. The highest BCUT2D eigenvalue weighted by Gasteiger charge is 2.55. The standard InChI is InChI=1S/C34H38N2O5Si/c1-5-34(25-40-42(33(2,3)4,27-17-11-7-12-18-27)28-19-13-8-14-20-28)29(39-24-26-15-9-6-10-16-26)23-31(41-34)36-22-21-30(37)35-32(36)38/h5-22,29,31H,1,23-25H2,2-4H3,(H,35,37,38)/t29-,31+,34+/m0/s1. The first-order valence-electron chi connectivity index (χ1n) is 14.2. The van der Waals surface area contributed by atoms with E-state index in [1.807, 2.05) is 42.5 Å². The molecule has 0 bridgehead atoms. The summed E-state index contributed by atoms with van der Waals surface area (Å²) >= 11 is 0. The first-order valence-corrected chi connectivity index (χ1v) is 16.1. The summed E-state index contributed by atoms with van der Waals surface area (Å²) < 4.78 is 21.9. The lowest BCUT2D eigenvalue weighted by atomic mass is 9.97. The molecular weight excluding hydrogens is 544 g/mol. The lowest BCUT2D eigenvalue weighted by Crippen LogP contribution is -2.68. The molecule has 1 aliphatic rings. The van der Waals surface area contributed by atoms with Crippen LogP contribution in [0.3, 0.4) is 0 Å². The van der Waals surface area contributed by atoms with Crippen LogP contribution in [-0.4, -0.2) is 36.2 Å². The van der Waals surface area contributed by atoms with E-state index >= 15 is 0 Å². The van der Waals surface area contributed by atoms with E-state index < -0.39 is 37.5 Å². The molecule has 8 heteroatoms. The number of nitrogens with zero attached hydrogens (tertiary/aromatic N) is 1. The molecule has 2 heterocycles. The molecule has 0 amide bonds. The molecule has 3 aromatic carbocycles. The van der Waals surface area contributed by atoms with Crippen molar-refractivity contribution in [2.75, 3.05) is 6.61 Å². The van der Waals surface area contributed by atoms with Crippen molar-refractivity contribution in [2.24, 2.45) is 0 Å². The van der Waals surface area contributed by atoms with E-state index in [1.165, 1.54) is 16.8 Å². The number of H-pyrrole nitrogens is 1. The third-order valence-corrected chi connectivity index (χ3v) is 13.0. The summed E-state index contributed by atoms with van der Waals surface area (Å²) in [4.78, 5) is 26.9. The third kappa shape index (κ3) is 5.76. The highest BCUT2D eigenvalue weighted by atomic mass is 28.4. The summed E-state index contributed by atoms with van der Waals surface area (Å²) in [5.74, 6) is 0. The number of ether oxygens (including phenoxy) is 2. The summed E-state index contributed by atoms with van der Waals surface area (Å²) in [6.45, 7) is 11.4. The number of hydrogen-bond donors (Lipinski definition) is 1. The molecule has 1 N–H and O–H groups in total. The van der Waals surface area contributed by atoms with Crippen LogP contribution in [0.25, 0.3) is 0 Å². The van der Waals surface area contributed by atoms with Crippen LogP contribution in [0.1, 0.15) is 39.0 Å². The van der Waals surface area contributed by atoms with Gasteiger partial charge in [-0.25, -0.2) is 4.79 Å². The average Bonchev–Trinajstić information content (AvgIpc) is 3.36. The third-order valence-electron chi connectivity index (χ3n) is 8.05. The van der Waals surface area contributed by atoms with Crippen molar-refractivity contribution >= 4 is 18.7 Å². The van der Waals surface area contributed by atoms with E-state index in [2.05, 4.69) is 80.9 Å². The van der Waals surface area contributed by atoms with E-state index in [1.54, 1.807) is 6.08 Å². The smallest absolute Gasteiger partial charge is 0.330 e. The van der Waals surface area contributed by atoms with Gasteiger partial charge in [0.15, 0.2) is 0 Å². The Kier molecular flexibility index (Phi) is 8.61. The molecule has 7 nitrogen and oxygen atoms in total. The number of aromatic amines is 1. The van der Waals surface area contributed by atoms with Gasteiger partial charge in [-0.15, -0.1) is 6.58 Å². The van der Waals surface area contributed by atoms with Gasteiger partial charge in [0, 0.05) is 18.7 Å². The van der Waals surface area contributed by atoms with Gasteiger partial charge < -0.3 is 13.9 Å². The van der Waals surface area contributed by atoms with Crippen molar-refractivity contribution in [1.29, 1.82) is 0 Å². The Hall–Kier alpha value is -3.82. The Labute approximate surface area is 247 Å². The van der Waals surface area contributed by atoms with E-state index in [4.69, 9.17) is 13.9 Å². The van der Waals surface area contributed by atoms with Crippen LogP contribution < -0.4 is 21.6 Å². The quantitative estimate of drug-likeness (QED) is 0.219. The average molecular weight is 583 g/mol. The molecule has 42 heavy (non-hydrogen) atoms. The van der Waals surface area contributed by atoms with Gasteiger partial charge in [-0.3, -0.25) is 14.3 Å². The summed E-state index contributed by atoms with van der Waals surface area (Å²) in [5, 5.41) is 2.05. The van der Waals surface area contributed by atoms with Crippen molar-refractivity contribution in [3.05, 3.63) is 142 Å². The Morgan fingerprint density at radius 3 is 2.05 bits per heavy atom. The minimum atomic E-state index is -2.92. The number of aromatic nitrogens is 2. The molecule has 1 fully saturated rings. The number of rotatable bonds is 10. The minimum absolute atomic E-state index is 0.165. The van der Waals surface area contributed by atoms with Crippen LogP contribution in [0.2, 0.25) is 5.04 Å². The predicted octanol–water partition coefficient (Wildman–Crippen LogP) is 4.54. The molecule has 0 unspecified atom stereocenters. The summed E-state index contributed by atoms with van der Waals surface area (Å²) in [5.41, 5.74) is -1.05. The van der Waals surface area contributed by atoms with E-state index in [0.29, 0.717) is 13.0 Å². The van der Waals surface area contributed by atoms with Crippen LogP contribution in [0.15, 0.2) is 126 Å². The second kappa shape index (κ2) is 12.2. The van der Waals surface area contributed by atoms with Crippen LogP contribution in [-0.2, 0) is 20.5 Å². The zero-order valence-corrected chi connectivity index (χ0v) is 25.4. The van der Waals surface area contributed by atoms with Crippen molar-refractivity contribution in [3.63, 3.8) is 0 Å². The van der Waals surface area contributed by atoms with Crippen LogP contribution >= 0.6 is 0 Å². The van der Waals surface area contributed by atoms with E-state index in [9.17, 15) is 9.59 Å². The Morgan fingerprint density at radius 1 is 0.952 bits per heavy atom. The SMILES string of the molecule is C=C[C@]1(CO[Si](c2ccccc2)(c2ccccc2)C(C)(C)C)O[C@@H](n2ccc(=O)[nH]c2=O)C[C@@H]1OCc1ccccc1. The highest BCUT2D eigenvalue weighted by Crippen LogP contribution is 2.43. The summed E-state index contributed by atoms with van der Waals surface area (Å²) in [7, 11) is -2.92. The van der Waals surface area contributed by atoms with Gasteiger partial charge in [-0.1, -0.05) is 118 Å². The molecule has 5 rings (SSSR count). The lowest BCUT2D eigenvalue weighted by Gasteiger charge is -2.45. The van der Waals surface area contributed by atoms with Gasteiger partial charge in [0.1, 0.15) is 11.8 Å². The topological polar surface area (TPSA) is 82.5 Å². The number of benzene rings is 3. The minimum Gasteiger partial charge on any atom is -0.404 e. The van der Waals surface area contributed by atoms with Gasteiger partial charge in [0.25, 0.3) is 13.9 Å². The highest BCUT2D eigenvalue weighted by molar-refractivity contribution is 6.99. The molecule has 0 radical (unpaired) electrons. The molecule has 0 aliphatic carbocycles. The fourth-order valence-corrected chi connectivity index (χ4v) is 10.5. The molecule has 218 valence electrons. The first-order chi connectivity index (χ1) is 20.2. The van der Waals surface area contributed by atoms with Crippen molar-refractivity contribution < 1.29 is 13.9 Å². The largest absolute Gasteiger partial charge is 0.404 e. The molecule has 1 aromatic heterocycles. The molecule has 1 saturated heterocycles. The fraction of sp³-hybridized carbons (Fsp3) is 0.294. The maximum atomic E-state index is 12.8. The fourth-order valence-electron chi connectivity index (χ4n) is 5.91. The van der Waals surface area contributed by atoms with Crippen LogP contribution in [0.4, 0.5) is 0 Å². The van der Waals surface area contributed by atoms with Crippen molar-refractivity contribution in [2.45, 2.75) is 56.8 Å². The van der Waals surface area contributed by atoms with Gasteiger partial charge in [-0.05, 0) is 21.0 Å². The van der Waals surface area contributed by atoms with E-state index in [0.717, 1.165) is 15.9 Å². The van der Waals surface area contributed by atoms with Gasteiger partial charge in [-0.2, -0.15) is 0 Å². The molecule has 1 aliphatic heterocycles. The molecule has 0 spiro atoms. The van der Waals surface area contributed by atoms with Crippen molar-refractivity contribution in [1.82, 2.24) is 9.55 Å². The maximum absolute atomic E-state index is 12.8. The lowest BCUT2D eigenvalue weighted by molar-refractivity contribution is -0.111. The Morgan fingerprint density at radius 2 is 1.52 bits per heavy atom. The van der Waals surface area contributed by atoms with Crippen LogP contribution in [0, 0.1) is 0 Å². The Bertz CT molecular complexity index is 1560. The number of hydrogen-bond acceptors (Lipinski definition) is 5. The first kappa shape index (κ1) is 29.7. The van der Waals surface area contributed by atoms with Crippen LogP contribution in [0.5, 0.6) is 0 Å². The van der Waals surface area contributed by atoms with Gasteiger partial charge in [0.2, 0.25) is 0 Å². The van der Waals surface area contributed by atoms with Gasteiger partial charge >= 0.3 is 5.69 Å². The molecule has 3 atom stereocenters. The monoisotopic (exact) mass is 582 g/mol. The predicted molar refractivity (Wildman–Crippen MR) is 168 cm³/mol.